The fraction of sp³-hybridized carbons (Fsp3) is 0.516. The molecule has 45 heavy (non-hydrogen) atoms. The van der Waals surface area contributed by atoms with E-state index in [-0.39, 0.29) is 35.2 Å². The molecule has 5 atom stereocenters. The molecule has 4 aliphatic rings. The van der Waals surface area contributed by atoms with E-state index in [2.05, 4.69) is 26.1 Å². The summed E-state index contributed by atoms with van der Waals surface area (Å²) >= 11 is 0. The Labute approximate surface area is 259 Å². The van der Waals surface area contributed by atoms with E-state index in [0.717, 1.165) is 24.0 Å². The zero-order chi connectivity index (χ0) is 33.3. The van der Waals surface area contributed by atoms with Crippen molar-refractivity contribution in [3.05, 3.63) is 64.7 Å². The van der Waals surface area contributed by atoms with Crippen LogP contribution >= 0.6 is 0 Å². The van der Waals surface area contributed by atoms with Crippen molar-refractivity contribution in [2.45, 2.75) is 76.8 Å². The minimum Gasteiger partial charge on any atom is -0.496 e. The van der Waals surface area contributed by atoms with Crippen molar-refractivity contribution >= 4 is 25.0 Å². The monoisotopic (exact) mass is 634 g/mol. The third kappa shape index (κ3) is 7.13. The molecule has 244 valence electrons. The summed E-state index contributed by atoms with van der Waals surface area (Å²) in [6.45, 7) is 7.20. The van der Waals surface area contributed by atoms with E-state index in [0.29, 0.717) is 30.4 Å². The highest BCUT2D eigenvalue weighted by Gasteiger charge is 2.68. The van der Waals surface area contributed by atoms with Crippen LogP contribution in [0, 0.1) is 17.3 Å². The number of carbonyl (C=O) groups is 3. The average molecular weight is 634 g/mol. The van der Waals surface area contributed by atoms with Gasteiger partial charge in [-0.05, 0) is 66.2 Å². The van der Waals surface area contributed by atoms with E-state index >= 15 is 0 Å². The summed E-state index contributed by atoms with van der Waals surface area (Å²) in [5.74, 6) is -3.27. The van der Waals surface area contributed by atoms with Crippen molar-refractivity contribution < 1.29 is 51.8 Å². The summed E-state index contributed by atoms with van der Waals surface area (Å²) in [5, 5.41) is 19.9. The van der Waals surface area contributed by atoms with Crippen LogP contribution in [0.2, 0.25) is 0 Å². The normalized spacial score (nSPS) is 25.2. The lowest BCUT2D eigenvalue weighted by Gasteiger charge is -2.64. The third-order valence-corrected chi connectivity index (χ3v) is 9.48. The molecule has 10 nitrogen and oxygen atoms in total. The van der Waals surface area contributed by atoms with E-state index in [9.17, 15) is 27.9 Å². The van der Waals surface area contributed by atoms with Gasteiger partial charge in [0, 0.05) is 6.54 Å². The summed E-state index contributed by atoms with van der Waals surface area (Å²) in [6, 6.07) is 12.7. The number of aromatic carboxylic acids is 1. The van der Waals surface area contributed by atoms with Crippen LogP contribution in [0.15, 0.2) is 42.5 Å². The van der Waals surface area contributed by atoms with Crippen LogP contribution in [0.5, 0.6) is 5.75 Å². The van der Waals surface area contributed by atoms with Crippen LogP contribution in [-0.4, -0.2) is 66.1 Å². The first kappa shape index (κ1) is 34.3. The fourth-order valence-corrected chi connectivity index (χ4v) is 6.91. The Morgan fingerprint density at radius 1 is 1.09 bits per heavy atom. The molecule has 1 aliphatic heterocycles. The van der Waals surface area contributed by atoms with Gasteiger partial charge >= 0.3 is 25.2 Å². The van der Waals surface area contributed by atoms with Crippen molar-refractivity contribution in [2.24, 2.45) is 23.0 Å². The zero-order valence-corrected chi connectivity index (χ0v) is 25.5. The van der Waals surface area contributed by atoms with Crippen LogP contribution < -0.4 is 15.8 Å². The van der Waals surface area contributed by atoms with Gasteiger partial charge < -0.3 is 35.3 Å². The van der Waals surface area contributed by atoms with Crippen molar-refractivity contribution in [1.29, 1.82) is 0 Å². The molecule has 0 aromatic heterocycles. The average Bonchev–Trinajstić information content (AvgIpc) is 3.34. The Bertz CT molecular complexity index is 1420. The molecule has 4 fully saturated rings. The number of aliphatic carboxylic acids is 1. The summed E-state index contributed by atoms with van der Waals surface area (Å²) in [4.78, 5) is 34.0. The maximum atomic E-state index is 13.3. The molecule has 14 heteroatoms. The molecule has 1 amide bonds. The van der Waals surface area contributed by atoms with Gasteiger partial charge in [-0.1, -0.05) is 50.2 Å². The smallest absolute Gasteiger partial charge is 0.490 e. The topological polar surface area (TPSA) is 157 Å². The highest BCUT2D eigenvalue weighted by Crippen LogP contribution is 2.65. The number of carboxylic acid groups (broad SMARTS) is 2. The minimum atomic E-state index is -5.08. The number of carbonyl (C=O) groups excluding carboxylic acids is 1. The quantitative estimate of drug-likeness (QED) is 0.299. The minimum absolute atomic E-state index is 0.0419. The molecular weight excluding hydrogens is 596 g/mol. The zero-order valence-electron chi connectivity index (χ0n) is 25.5. The highest BCUT2D eigenvalue weighted by atomic mass is 19.4. The van der Waals surface area contributed by atoms with Crippen LogP contribution in [0.1, 0.15) is 60.7 Å². The number of benzene rings is 2. The van der Waals surface area contributed by atoms with Gasteiger partial charge in [0.1, 0.15) is 11.3 Å². The van der Waals surface area contributed by atoms with E-state index in [1.54, 1.807) is 6.07 Å². The number of hydrogen-bond donors (Lipinski definition) is 4. The molecule has 3 aliphatic carbocycles. The Hall–Kier alpha value is -3.62. The lowest BCUT2D eigenvalue weighted by Crippen LogP contribution is -2.65. The van der Waals surface area contributed by atoms with Gasteiger partial charge in [0.05, 0.1) is 31.2 Å². The second-order valence-electron chi connectivity index (χ2n) is 12.5. The number of halogens is 3. The highest BCUT2D eigenvalue weighted by molar-refractivity contribution is 6.48. The van der Waals surface area contributed by atoms with Crippen LogP contribution in [0.4, 0.5) is 13.2 Å². The summed E-state index contributed by atoms with van der Waals surface area (Å²) in [7, 11) is 0.791. The molecular formula is C31H38BF3N2O8. The molecule has 2 aromatic carbocycles. The van der Waals surface area contributed by atoms with Gasteiger partial charge in [-0.15, -0.1) is 0 Å². The fourth-order valence-electron chi connectivity index (χ4n) is 6.91. The van der Waals surface area contributed by atoms with E-state index < -0.39 is 36.8 Å². The largest absolute Gasteiger partial charge is 0.496 e. The molecule has 5 N–H and O–H groups in total. The molecule has 0 radical (unpaired) electrons. The van der Waals surface area contributed by atoms with Gasteiger partial charge in [-0.25, -0.2) is 9.59 Å². The van der Waals surface area contributed by atoms with Crippen LogP contribution in [-0.2, 0) is 38.3 Å². The molecule has 2 aromatic rings. The second kappa shape index (κ2) is 13.0. The van der Waals surface area contributed by atoms with E-state index in [4.69, 9.17) is 29.7 Å². The molecule has 3 saturated carbocycles. The number of ether oxygens (including phenoxy) is 1. The van der Waals surface area contributed by atoms with Crippen molar-refractivity contribution in [3.63, 3.8) is 0 Å². The first-order valence-electron chi connectivity index (χ1n) is 14.6. The Morgan fingerprint density at radius 3 is 2.24 bits per heavy atom. The number of carboxylic acids is 2. The molecule has 6 rings (SSSR count). The molecule has 0 spiro atoms. The number of para-hydroxylation sites is 1. The van der Waals surface area contributed by atoms with Crippen molar-refractivity contribution in [2.75, 3.05) is 7.11 Å². The SMILES string of the molecule is COc1c(CC(NC(=O)Cc2ccc(CN)cc2)B2OC3CC4CC(C4(C)C)C3(C)O2)cccc1C(=O)O.O=C(O)C(F)(F)F. The van der Waals surface area contributed by atoms with Crippen molar-refractivity contribution in [3.8, 4) is 5.75 Å². The van der Waals surface area contributed by atoms with E-state index in [1.165, 1.54) is 13.2 Å². The maximum absolute atomic E-state index is 13.3. The van der Waals surface area contributed by atoms with Crippen LogP contribution in [0.25, 0.3) is 0 Å². The number of alkyl halides is 3. The summed E-state index contributed by atoms with van der Waals surface area (Å²) in [6.07, 6.45) is -2.57. The van der Waals surface area contributed by atoms with Crippen molar-refractivity contribution in [1.82, 2.24) is 5.32 Å². The molecule has 1 saturated heterocycles. The Balaban J connectivity index is 0.000000591. The Kier molecular flexibility index (Phi) is 9.91. The van der Waals surface area contributed by atoms with Crippen LogP contribution in [0.3, 0.4) is 0 Å². The van der Waals surface area contributed by atoms with Gasteiger partial charge in [0.15, 0.2) is 0 Å². The van der Waals surface area contributed by atoms with Gasteiger partial charge in [-0.2, -0.15) is 13.2 Å². The number of nitrogens with one attached hydrogen (secondary N) is 1. The first-order chi connectivity index (χ1) is 21.0. The predicted molar refractivity (Wildman–Crippen MR) is 157 cm³/mol. The molecule has 1 heterocycles. The van der Waals surface area contributed by atoms with Gasteiger partial charge in [-0.3, -0.25) is 4.79 Å². The number of methoxy groups -OCH3 is 1. The lowest BCUT2D eigenvalue weighted by atomic mass is 9.43. The third-order valence-electron chi connectivity index (χ3n) is 9.48. The summed E-state index contributed by atoms with van der Waals surface area (Å²) in [5.41, 5.74) is 8.08. The molecule has 2 bridgehead atoms. The Morgan fingerprint density at radius 2 is 1.71 bits per heavy atom. The number of rotatable bonds is 9. The van der Waals surface area contributed by atoms with Gasteiger partial charge in [0.2, 0.25) is 5.91 Å². The molecule has 5 unspecified atom stereocenters. The second-order valence-corrected chi connectivity index (χ2v) is 12.5. The van der Waals surface area contributed by atoms with E-state index in [1.807, 2.05) is 30.3 Å². The number of nitrogens with two attached hydrogens (primary N) is 1. The number of amides is 1. The predicted octanol–water partition coefficient (Wildman–Crippen LogP) is 4.02. The first-order valence-corrected chi connectivity index (χ1v) is 14.6. The maximum Gasteiger partial charge on any atom is 0.490 e. The lowest BCUT2D eigenvalue weighted by molar-refractivity contribution is -0.199. The number of hydrogen-bond acceptors (Lipinski definition) is 7. The summed E-state index contributed by atoms with van der Waals surface area (Å²) < 4.78 is 50.5. The standard InChI is InChI=1S/C29H37BN2O6.C2HF3O2/c1-28(2)20-14-22(28)29(3)23(15-20)37-30(38-29)24(13-19-6-5-7-21(27(34)35)26(19)36-4)32-25(33)12-17-8-10-18(16-31)11-9-17;3-2(4,5)1(6)7/h5-11,20,22-24H,12-16,31H2,1-4H3,(H,32,33)(H,34,35);(H,6,7). The van der Waals surface area contributed by atoms with Gasteiger partial charge in [0.25, 0.3) is 0 Å².